The Morgan fingerprint density at radius 3 is 2.09 bits per heavy atom. The van der Waals surface area contributed by atoms with Gasteiger partial charge in [-0.3, -0.25) is 9.59 Å². The molecule has 0 atom stereocenters. The van der Waals surface area contributed by atoms with Gasteiger partial charge in [0.15, 0.2) is 11.2 Å². The summed E-state index contributed by atoms with van der Waals surface area (Å²) in [6, 6.07) is 8.20. The Morgan fingerprint density at radius 1 is 0.977 bits per heavy atom. The Labute approximate surface area is 247 Å². The van der Waals surface area contributed by atoms with Crippen LogP contribution in [-0.4, -0.2) is 90.6 Å². The molecule has 0 spiro atoms. The number of ether oxygens (including phenoxy) is 1. The number of imidazole rings is 1. The second-order valence-corrected chi connectivity index (χ2v) is 10.3. The highest BCUT2D eigenvalue weighted by Crippen LogP contribution is 2.26. The van der Waals surface area contributed by atoms with Gasteiger partial charge in [-0.15, -0.1) is 0 Å². The Balaban J connectivity index is 0.000000331. The summed E-state index contributed by atoms with van der Waals surface area (Å²) >= 11 is 0. The van der Waals surface area contributed by atoms with E-state index in [1.807, 2.05) is 30.5 Å². The number of aryl methyl sites for hydroxylation is 4. The summed E-state index contributed by atoms with van der Waals surface area (Å²) in [4.78, 5) is 49.7. The molecular weight excluding hydrogens is 562 g/mol. The molecule has 2 amide bonds. The number of pyridine rings is 1. The quantitative estimate of drug-likeness (QED) is 0.211. The van der Waals surface area contributed by atoms with Gasteiger partial charge in [-0.25, -0.2) is 14.6 Å². The van der Waals surface area contributed by atoms with Crippen molar-refractivity contribution >= 4 is 41.0 Å². The maximum Gasteiger partial charge on any atom is 0.336 e. The average molecular weight is 600 g/mol. The van der Waals surface area contributed by atoms with Crippen LogP contribution in [0.2, 0.25) is 0 Å². The first kappa shape index (κ1) is 32.8. The number of urea groups is 1. The molecule has 4 rings (SSSR count). The number of carboxylic acid groups (broad SMARTS) is 3. The highest BCUT2D eigenvalue weighted by molar-refractivity contribution is 5.91. The molecule has 0 bridgehead atoms. The van der Waals surface area contributed by atoms with Gasteiger partial charge < -0.3 is 45.1 Å². The normalized spacial score (nSPS) is 13.2. The van der Waals surface area contributed by atoms with E-state index in [1.54, 1.807) is 4.90 Å². The van der Waals surface area contributed by atoms with E-state index < -0.39 is 36.4 Å². The van der Waals surface area contributed by atoms with Crippen LogP contribution in [0.25, 0.3) is 5.65 Å². The Hall–Kier alpha value is -4.69. The van der Waals surface area contributed by atoms with E-state index in [4.69, 9.17) is 30.1 Å². The van der Waals surface area contributed by atoms with Crippen molar-refractivity contribution in [1.82, 2.24) is 14.3 Å². The lowest BCUT2D eigenvalue weighted by Gasteiger charge is -2.27. The molecule has 43 heavy (non-hydrogen) atoms. The van der Waals surface area contributed by atoms with Crippen molar-refractivity contribution in [3.8, 4) is 0 Å². The summed E-state index contributed by atoms with van der Waals surface area (Å²) in [5.74, 6) is -5.02. The molecule has 0 aliphatic carbocycles. The third kappa shape index (κ3) is 8.42. The van der Waals surface area contributed by atoms with Gasteiger partial charge in [-0.1, -0.05) is 18.2 Å². The largest absolute Gasteiger partial charge is 0.481 e. The van der Waals surface area contributed by atoms with Crippen LogP contribution >= 0.6 is 0 Å². The number of carbonyl (C=O) groups excluding carboxylic acids is 1. The van der Waals surface area contributed by atoms with Crippen LogP contribution in [0.1, 0.15) is 40.9 Å². The van der Waals surface area contributed by atoms with Gasteiger partial charge in [-0.05, 0) is 50.5 Å². The van der Waals surface area contributed by atoms with Crippen molar-refractivity contribution in [3.63, 3.8) is 0 Å². The summed E-state index contributed by atoms with van der Waals surface area (Å²) in [6.45, 7) is 11.4. The first-order valence-corrected chi connectivity index (χ1v) is 13.5. The molecule has 14 nitrogen and oxygen atoms in total. The first-order valence-electron chi connectivity index (χ1n) is 13.5. The van der Waals surface area contributed by atoms with Crippen molar-refractivity contribution in [3.05, 3.63) is 58.5 Å². The molecule has 0 radical (unpaired) electrons. The average Bonchev–Trinajstić information content (AvgIpc) is 3.21. The van der Waals surface area contributed by atoms with Crippen LogP contribution in [0.15, 0.2) is 30.5 Å². The second kappa shape index (κ2) is 14.0. The number of fused-ring (bicyclic) bond motifs is 1. The van der Waals surface area contributed by atoms with Crippen molar-refractivity contribution in [2.24, 2.45) is 0 Å². The number of hydrogen-bond donors (Lipinski definition) is 6. The summed E-state index contributed by atoms with van der Waals surface area (Å²) in [6.07, 6.45) is -0.351. The molecule has 2 aromatic heterocycles. The fourth-order valence-corrected chi connectivity index (χ4v) is 4.56. The van der Waals surface area contributed by atoms with Crippen LogP contribution < -0.4 is 10.6 Å². The predicted octanol–water partition coefficient (Wildman–Crippen LogP) is 2.80. The SMILES string of the molecule is Cc1cccc(C)c1CNc1cc(NC(=O)N2CCOCC2)cn2c(C)c(C)nc12.O=C(O)CC(O)(CC(=O)O)C(=O)O. The Kier molecular flexibility index (Phi) is 10.7. The van der Waals surface area contributed by atoms with E-state index in [-0.39, 0.29) is 6.03 Å². The number of morpholine rings is 1. The van der Waals surface area contributed by atoms with Gasteiger partial charge in [0.05, 0.1) is 43.1 Å². The molecule has 3 aromatic rings. The number of carboxylic acids is 3. The van der Waals surface area contributed by atoms with Gasteiger partial charge in [0.25, 0.3) is 0 Å². The maximum absolute atomic E-state index is 12.7. The number of nitrogens with one attached hydrogen (secondary N) is 2. The minimum atomic E-state index is -2.74. The van der Waals surface area contributed by atoms with Crippen molar-refractivity contribution in [1.29, 1.82) is 0 Å². The summed E-state index contributed by atoms with van der Waals surface area (Å²) in [5, 5.41) is 40.4. The summed E-state index contributed by atoms with van der Waals surface area (Å²) < 4.78 is 7.38. The molecule has 232 valence electrons. The number of hydrogen-bond acceptors (Lipinski definition) is 8. The Bertz CT molecular complexity index is 1480. The van der Waals surface area contributed by atoms with Crippen LogP contribution in [0.4, 0.5) is 16.2 Å². The number of nitrogens with zero attached hydrogens (tertiary/aromatic N) is 3. The maximum atomic E-state index is 12.7. The standard InChI is InChI=1S/C23H29N5O2.C6H8O7/c1-15-6-5-7-16(2)20(15)13-24-21-12-19(14-28-18(4)17(3)25-22(21)28)26-23(29)27-8-10-30-11-9-27;7-3(8)1-6(13,5(11)12)2-4(9)10/h5-7,12,14,24H,8-11,13H2,1-4H3,(H,26,29);13H,1-2H2,(H,7,8)(H,9,10)(H,11,12). The molecule has 1 aromatic carbocycles. The second-order valence-electron chi connectivity index (χ2n) is 10.3. The minimum Gasteiger partial charge on any atom is -0.481 e. The predicted molar refractivity (Wildman–Crippen MR) is 156 cm³/mol. The van der Waals surface area contributed by atoms with Crippen molar-refractivity contribution < 1.29 is 44.3 Å². The fraction of sp³-hybridized carbons (Fsp3) is 0.414. The zero-order chi connectivity index (χ0) is 31.9. The third-order valence-electron chi connectivity index (χ3n) is 7.13. The van der Waals surface area contributed by atoms with E-state index in [9.17, 15) is 19.2 Å². The van der Waals surface area contributed by atoms with Gasteiger partial charge in [0.1, 0.15) is 0 Å². The monoisotopic (exact) mass is 599 g/mol. The van der Waals surface area contributed by atoms with Gasteiger partial charge in [0, 0.05) is 31.5 Å². The van der Waals surface area contributed by atoms with Crippen LogP contribution in [0.5, 0.6) is 0 Å². The van der Waals surface area contributed by atoms with Gasteiger partial charge in [0.2, 0.25) is 0 Å². The number of rotatable bonds is 9. The number of carbonyl (C=O) groups is 4. The molecule has 1 saturated heterocycles. The number of aromatic nitrogens is 2. The molecule has 3 heterocycles. The minimum absolute atomic E-state index is 0.104. The van der Waals surface area contributed by atoms with E-state index in [2.05, 4.69) is 42.7 Å². The van der Waals surface area contributed by atoms with E-state index >= 15 is 0 Å². The number of aliphatic carboxylic acids is 3. The molecule has 0 saturated carbocycles. The molecule has 1 aliphatic rings. The number of benzene rings is 1. The third-order valence-corrected chi connectivity index (χ3v) is 7.13. The topological polar surface area (TPSA) is 203 Å². The fourth-order valence-electron chi connectivity index (χ4n) is 4.56. The molecular formula is C29H37N5O9. The lowest BCUT2D eigenvalue weighted by molar-refractivity contribution is -0.170. The van der Waals surface area contributed by atoms with Gasteiger partial charge >= 0.3 is 23.9 Å². The highest BCUT2D eigenvalue weighted by Gasteiger charge is 2.40. The zero-order valence-corrected chi connectivity index (χ0v) is 24.5. The van der Waals surface area contributed by atoms with E-state index in [1.165, 1.54) is 16.7 Å². The zero-order valence-electron chi connectivity index (χ0n) is 24.5. The number of aliphatic hydroxyl groups is 1. The van der Waals surface area contributed by atoms with Gasteiger partial charge in [-0.2, -0.15) is 0 Å². The highest BCUT2D eigenvalue weighted by atomic mass is 16.5. The van der Waals surface area contributed by atoms with Crippen LogP contribution in [0, 0.1) is 27.7 Å². The van der Waals surface area contributed by atoms with Crippen molar-refractivity contribution in [2.45, 2.75) is 52.7 Å². The van der Waals surface area contributed by atoms with Crippen LogP contribution in [-0.2, 0) is 25.7 Å². The van der Waals surface area contributed by atoms with Crippen LogP contribution in [0.3, 0.4) is 0 Å². The smallest absolute Gasteiger partial charge is 0.336 e. The molecule has 1 fully saturated rings. The van der Waals surface area contributed by atoms with E-state index in [0.29, 0.717) is 32.8 Å². The lowest BCUT2D eigenvalue weighted by atomic mass is 9.96. The molecule has 0 unspecified atom stereocenters. The Morgan fingerprint density at radius 2 is 1.56 bits per heavy atom. The number of amides is 2. The van der Waals surface area contributed by atoms with E-state index in [0.717, 1.165) is 28.4 Å². The summed E-state index contributed by atoms with van der Waals surface area (Å²) in [5.41, 5.74) is 5.58. The summed E-state index contributed by atoms with van der Waals surface area (Å²) in [7, 11) is 0. The first-order chi connectivity index (χ1) is 20.2. The van der Waals surface area contributed by atoms with Crippen molar-refractivity contribution in [2.75, 3.05) is 36.9 Å². The number of anilines is 2. The molecule has 6 N–H and O–H groups in total. The molecule has 14 heteroatoms. The lowest BCUT2D eigenvalue weighted by Crippen LogP contribution is -2.43. The molecule has 1 aliphatic heterocycles.